The molecule has 8 nitrogen and oxygen atoms in total. The molecule has 2 atom stereocenters. The fourth-order valence-corrected chi connectivity index (χ4v) is 7.52. The van der Waals surface area contributed by atoms with Crippen molar-refractivity contribution >= 4 is 23.5 Å². The van der Waals surface area contributed by atoms with E-state index in [-0.39, 0.29) is 12.8 Å². The molecule has 0 aromatic heterocycles. The maximum Gasteiger partial charge on any atom is 0.191 e. The highest BCUT2D eigenvalue weighted by atomic mass is 32.2. The predicted octanol–water partition coefficient (Wildman–Crippen LogP) is 2.91. The molecular formula is C20H8N8S2. The molecule has 2 aliphatic carbocycles. The van der Waals surface area contributed by atoms with Gasteiger partial charge in [0.1, 0.15) is 0 Å². The van der Waals surface area contributed by atoms with Crippen molar-refractivity contribution in [1.82, 2.24) is 0 Å². The smallest absolute Gasteiger partial charge is 0.191 e. The van der Waals surface area contributed by atoms with Crippen molar-refractivity contribution in [3.05, 3.63) is 22.0 Å². The molecule has 3 rings (SSSR count). The zero-order valence-electron chi connectivity index (χ0n) is 15.1. The van der Waals surface area contributed by atoms with Gasteiger partial charge in [0.05, 0.1) is 59.1 Å². The van der Waals surface area contributed by atoms with E-state index in [0.29, 0.717) is 9.81 Å². The van der Waals surface area contributed by atoms with E-state index in [0.717, 1.165) is 11.8 Å². The number of hydrogen-bond donors (Lipinski definition) is 0. The number of nitriles is 8. The lowest BCUT2D eigenvalue weighted by Gasteiger charge is -2.50. The first-order valence-corrected chi connectivity index (χ1v) is 10.2. The molecule has 0 radical (unpaired) electrons. The SMILES string of the molecule is N#CC1(C#N)CC=C2SC3=CCC(C#N)(C#N)C(C#N)(C#N)[C@@H]3S[C@H]2C1(C#N)C#N. The van der Waals surface area contributed by atoms with Crippen molar-refractivity contribution < 1.29 is 0 Å². The Morgan fingerprint density at radius 2 is 0.933 bits per heavy atom. The fraction of sp³-hybridized carbons (Fsp3) is 0.400. The van der Waals surface area contributed by atoms with Crippen LogP contribution in [-0.4, -0.2) is 10.5 Å². The Bertz CT molecular complexity index is 1080. The van der Waals surface area contributed by atoms with E-state index in [9.17, 15) is 42.1 Å². The highest BCUT2D eigenvalue weighted by Gasteiger charge is 2.68. The number of nitrogens with zero attached hydrogens (tertiary/aromatic N) is 8. The first kappa shape index (κ1) is 20.8. The van der Waals surface area contributed by atoms with Gasteiger partial charge in [-0.15, -0.1) is 11.8 Å². The van der Waals surface area contributed by atoms with Crippen LogP contribution in [0.15, 0.2) is 22.0 Å². The van der Waals surface area contributed by atoms with Crippen LogP contribution >= 0.6 is 23.5 Å². The number of allylic oxidation sites excluding steroid dienone is 2. The summed E-state index contributed by atoms with van der Waals surface area (Å²) >= 11 is 2.09. The van der Waals surface area contributed by atoms with E-state index in [4.69, 9.17) is 0 Å². The van der Waals surface area contributed by atoms with Crippen LogP contribution in [-0.2, 0) is 0 Å². The summed E-state index contributed by atoms with van der Waals surface area (Å²) in [5, 5.41) is 76.5. The lowest BCUT2D eigenvalue weighted by molar-refractivity contribution is 0.281. The number of thioether (sulfide) groups is 2. The van der Waals surface area contributed by atoms with Crippen LogP contribution in [0.5, 0.6) is 0 Å². The lowest BCUT2D eigenvalue weighted by atomic mass is 9.59. The van der Waals surface area contributed by atoms with Gasteiger partial charge in [-0.05, 0) is 0 Å². The van der Waals surface area contributed by atoms with E-state index >= 15 is 0 Å². The van der Waals surface area contributed by atoms with E-state index in [1.807, 2.05) is 48.6 Å². The lowest BCUT2D eigenvalue weighted by Crippen LogP contribution is -2.54. The van der Waals surface area contributed by atoms with Crippen LogP contribution in [0.25, 0.3) is 0 Å². The van der Waals surface area contributed by atoms with E-state index in [1.165, 1.54) is 11.8 Å². The average molecular weight is 424 g/mol. The third-order valence-electron chi connectivity index (χ3n) is 5.85. The third kappa shape index (κ3) is 2.11. The summed E-state index contributed by atoms with van der Waals surface area (Å²) in [7, 11) is 0. The van der Waals surface area contributed by atoms with Gasteiger partial charge in [0.15, 0.2) is 21.7 Å². The van der Waals surface area contributed by atoms with Crippen molar-refractivity contribution in [1.29, 1.82) is 42.1 Å². The van der Waals surface area contributed by atoms with E-state index in [1.54, 1.807) is 12.2 Å². The van der Waals surface area contributed by atoms with Crippen LogP contribution in [0.2, 0.25) is 0 Å². The molecule has 0 aromatic carbocycles. The Morgan fingerprint density at radius 3 is 1.20 bits per heavy atom. The summed E-state index contributed by atoms with van der Waals surface area (Å²) in [5.41, 5.74) is -7.98. The molecule has 0 amide bonds. The summed E-state index contributed by atoms with van der Waals surface area (Å²) in [6.45, 7) is 0. The van der Waals surface area contributed by atoms with E-state index < -0.39 is 32.2 Å². The summed E-state index contributed by atoms with van der Waals surface area (Å²) in [6.07, 6.45) is 3.05. The normalized spacial score (nSPS) is 28.0. The number of hydrogen-bond acceptors (Lipinski definition) is 10. The molecule has 0 unspecified atom stereocenters. The minimum atomic E-state index is -2.06. The molecule has 0 aromatic rings. The van der Waals surface area contributed by atoms with Gasteiger partial charge in [0.2, 0.25) is 0 Å². The van der Waals surface area contributed by atoms with Crippen molar-refractivity contribution in [2.45, 2.75) is 23.3 Å². The van der Waals surface area contributed by atoms with Crippen molar-refractivity contribution in [2.24, 2.45) is 21.7 Å². The molecule has 30 heavy (non-hydrogen) atoms. The van der Waals surface area contributed by atoms with E-state index in [2.05, 4.69) is 0 Å². The Labute approximate surface area is 181 Å². The zero-order valence-corrected chi connectivity index (χ0v) is 16.8. The van der Waals surface area contributed by atoms with Crippen molar-refractivity contribution in [3.8, 4) is 48.6 Å². The zero-order chi connectivity index (χ0) is 22.2. The van der Waals surface area contributed by atoms with Gasteiger partial charge in [-0.2, -0.15) is 42.1 Å². The fourth-order valence-electron chi connectivity index (χ4n) is 3.97. The van der Waals surface area contributed by atoms with Gasteiger partial charge < -0.3 is 0 Å². The predicted molar refractivity (Wildman–Crippen MR) is 103 cm³/mol. The molecular weight excluding hydrogens is 416 g/mol. The summed E-state index contributed by atoms with van der Waals surface area (Å²) in [4.78, 5) is 1.16. The molecule has 0 bridgehead atoms. The standard InChI is InChI=1S/C20H8N8S2/c21-5-17(6-22)3-1-13-15(19(17,9-25)10-26)30-16-14(29-13)2-4-18(7-23,8-24)20(16,11-27)12-28/h1-2,15-16H,3-4H2/t15-,16-/m1/s1. The average Bonchev–Trinajstić information content (AvgIpc) is 2.81. The molecule has 0 saturated carbocycles. The summed E-state index contributed by atoms with van der Waals surface area (Å²) in [6, 6.07) is 14.8. The Morgan fingerprint density at radius 1 is 0.600 bits per heavy atom. The highest BCUT2D eigenvalue weighted by molar-refractivity contribution is 8.12. The van der Waals surface area contributed by atoms with Crippen LogP contribution in [0, 0.1) is 112 Å². The van der Waals surface area contributed by atoms with Gasteiger partial charge >= 0.3 is 0 Å². The second kappa shape index (κ2) is 6.86. The minimum Gasteiger partial charge on any atom is -0.196 e. The molecule has 3 aliphatic rings. The second-order valence-corrected chi connectivity index (χ2v) is 9.30. The molecule has 1 heterocycles. The van der Waals surface area contributed by atoms with Crippen LogP contribution < -0.4 is 0 Å². The Hall–Kier alpha value is -3.90. The first-order chi connectivity index (χ1) is 14.4. The maximum atomic E-state index is 9.94. The van der Waals surface area contributed by atoms with Crippen molar-refractivity contribution in [2.75, 3.05) is 0 Å². The van der Waals surface area contributed by atoms with Crippen LogP contribution in [0.4, 0.5) is 0 Å². The summed E-state index contributed by atoms with van der Waals surface area (Å²) < 4.78 is 0. The Balaban J connectivity index is 2.28. The number of fused-ring (bicyclic) bond motifs is 2. The van der Waals surface area contributed by atoms with Crippen LogP contribution in [0.3, 0.4) is 0 Å². The molecule has 140 valence electrons. The summed E-state index contributed by atoms with van der Waals surface area (Å²) in [5.74, 6) is 0. The monoisotopic (exact) mass is 424 g/mol. The van der Waals surface area contributed by atoms with Crippen LogP contribution in [0.1, 0.15) is 12.8 Å². The molecule has 10 heteroatoms. The van der Waals surface area contributed by atoms with Gasteiger partial charge in [0.25, 0.3) is 0 Å². The van der Waals surface area contributed by atoms with Gasteiger partial charge in [0, 0.05) is 22.7 Å². The second-order valence-electron chi connectivity index (χ2n) is 6.94. The topological polar surface area (TPSA) is 190 Å². The molecule has 0 N–H and O–H groups in total. The van der Waals surface area contributed by atoms with Gasteiger partial charge in [-0.1, -0.05) is 23.9 Å². The van der Waals surface area contributed by atoms with Gasteiger partial charge in [-0.25, -0.2) is 0 Å². The van der Waals surface area contributed by atoms with Gasteiger partial charge in [-0.3, -0.25) is 0 Å². The maximum absolute atomic E-state index is 9.94. The third-order valence-corrected chi connectivity index (χ3v) is 9.18. The Kier molecular flexibility index (Phi) is 4.76. The molecule has 1 fully saturated rings. The van der Waals surface area contributed by atoms with Crippen molar-refractivity contribution in [3.63, 3.8) is 0 Å². The quantitative estimate of drug-likeness (QED) is 0.558. The largest absolute Gasteiger partial charge is 0.196 e. The first-order valence-electron chi connectivity index (χ1n) is 8.42. The molecule has 1 saturated heterocycles. The molecule has 1 aliphatic heterocycles. The highest BCUT2D eigenvalue weighted by Crippen LogP contribution is 2.66. The molecule has 0 spiro atoms. The number of rotatable bonds is 0. The minimum absolute atomic E-state index is 0.111.